The first kappa shape index (κ1) is 23.9. The van der Waals surface area contributed by atoms with Gasteiger partial charge in [0.25, 0.3) is 0 Å². The van der Waals surface area contributed by atoms with Crippen molar-refractivity contribution in [2.45, 2.75) is 52.7 Å². The molecular formula is C19H27BrFN3O4. The molecule has 0 radical (unpaired) electrons. The van der Waals surface area contributed by atoms with Crippen molar-refractivity contribution in [2.75, 3.05) is 11.9 Å². The van der Waals surface area contributed by atoms with E-state index in [2.05, 4.69) is 31.9 Å². The van der Waals surface area contributed by atoms with Gasteiger partial charge in [0.05, 0.1) is 5.69 Å². The highest BCUT2D eigenvalue weighted by atomic mass is 79.9. The quantitative estimate of drug-likeness (QED) is 0.542. The second kappa shape index (κ2) is 10.4. The molecule has 0 aromatic heterocycles. The van der Waals surface area contributed by atoms with Gasteiger partial charge in [0, 0.05) is 4.47 Å². The van der Waals surface area contributed by atoms with E-state index in [4.69, 9.17) is 4.74 Å². The number of rotatable bonds is 7. The summed E-state index contributed by atoms with van der Waals surface area (Å²) in [4.78, 5) is 36.5. The average Bonchev–Trinajstić information content (AvgIpc) is 2.58. The first-order valence-electron chi connectivity index (χ1n) is 8.95. The topological polar surface area (TPSA) is 96.5 Å². The number of nitrogens with one attached hydrogen (secondary N) is 3. The average molecular weight is 460 g/mol. The highest BCUT2D eigenvalue weighted by Gasteiger charge is 2.27. The summed E-state index contributed by atoms with van der Waals surface area (Å²) in [7, 11) is 0. The molecule has 1 aromatic rings. The van der Waals surface area contributed by atoms with Gasteiger partial charge in [-0.3, -0.25) is 9.59 Å². The van der Waals surface area contributed by atoms with Crippen molar-refractivity contribution in [3.05, 3.63) is 28.5 Å². The van der Waals surface area contributed by atoms with Crippen molar-refractivity contribution in [2.24, 2.45) is 5.92 Å². The van der Waals surface area contributed by atoms with Crippen molar-refractivity contribution >= 4 is 39.5 Å². The fourth-order valence-corrected chi connectivity index (χ4v) is 2.57. The maximum Gasteiger partial charge on any atom is 0.325 e. The zero-order valence-electron chi connectivity index (χ0n) is 16.7. The fourth-order valence-electron chi connectivity index (χ4n) is 2.24. The van der Waals surface area contributed by atoms with Crippen LogP contribution >= 0.6 is 15.9 Å². The molecule has 0 aliphatic carbocycles. The van der Waals surface area contributed by atoms with E-state index in [1.807, 2.05) is 6.92 Å². The lowest BCUT2D eigenvalue weighted by molar-refractivity contribution is -0.154. The standard InChI is InChI=1S/C19H27BrFN3O4/c1-6-11(2)16(17(26)22-10-15(25)28-19(3,4)5)24-18(27)23-14-8-7-12(20)9-13(14)21/h7-9,11,16H,6,10H2,1-5H3,(H,22,26)(H2,23,24,27)/t11-,16?/m0/s1. The van der Waals surface area contributed by atoms with Crippen molar-refractivity contribution in [1.29, 1.82) is 0 Å². The second-order valence-corrected chi connectivity index (χ2v) is 8.31. The number of carbonyl (C=O) groups excluding carboxylic acids is 3. The maximum atomic E-state index is 13.9. The number of benzene rings is 1. The summed E-state index contributed by atoms with van der Waals surface area (Å²) in [5, 5.41) is 7.39. The minimum Gasteiger partial charge on any atom is -0.459 e. The molecule has 9 heteroatoms. The fraction of sp³-hybridized carbons (Fsp3) is 0.526. The molecule has 1 rings (SSSR count). The number of amides is 3. The Morgan fingerprint density at radius 2 is 1.89 bits per heavy atom. The second-order valence-electron chi connectivity index (χ2n) is 7.39. The van der Waals surface area contributed by atoms with Crippen LogP contribution in [0.1, 0.15) is 41.0 Å². The largest absolute Gasteiger partial charge is 0.459 e. The van der Waals surface area contributed by atoms with E-state index < -0.39 is 35.4 Å². The molecule has 0 heterocycles. The summed E-state index contributed by atoms with van der Waals surface area (Å²) in [6.45, 7) is 8.52. The van der Waals surface area contributed by atoms with Gasteiger partial charge in [0.15, 0.2) is 0 Å². The molecule has 3 amide bonds. The number of halogens is 2. The van der Waals surface area contributed by atoms with Gasteiger partial charge in [0.2, 0.25) is 5.91 Å². The Hall–Kier alpha value is -2.16. The summed E-state index contributed by atoms with van der Waals surface area (Å²) in [6.07, 6.45) is 0.609. The van der Waals surface area contributed by atoms with E-state index in [-0.39, 0.29) is 18.2 Å². The molecule has 0 bridgehead atoms. The predicted molar refractivity (Wildman–Crippen MR) is 108 cm³/mol. The molecule has 156 valence electrons. The Balaban J connectivity index is 2.72. The summed E-state index contributed by atoms with van der Waals surface area (Å²) in [5.74, 6) is -1.92. The first-order valence-corrected chi connectivity index (χ1v) is 9.74. The molecule has 0 saturated heterocycles. The highest BCUT2D eigenvalue weighted by molar-refractivity contribution is 9.10. The number of carbonyl (C=O) groups is 3. The van der Waals surface area contributed by atoms with Crippen LogP contribution in [0.4, 0.5) is 14.9 Å². The number of hydrogen-bond donors (Lipinski definition) is 3. The molecule has 0 spiro atoms. The van der Waals surface area contributed by atoms with Crippen molar-refractivity contribution in [1.82, 2.24) is 10.6 Å². The Labute approximate surface area is 172 Å². The minimum absolute atomic E-state index is 0.0160. The van der Waals surface area contributed by atoms with E-state index >= 15 is 0 Å². The van der Waals surface area contributed by atoms with Crippen molar-refractivity contribution in [3.8, 4) is 0 Å². The molecule has 2 atom stereocenters. The van der Waals surface area contributed by atoms with Crippen LogP contribution in [-0.4, -0.2) is 36.1 Å². The first-order chi connectivity index (χ1) is 12.9. The van der Waals surface area contributed by atoms with Gasteiger partial charge in [-0.2, -0.15) is 0 Å². The van der Waals surface area contributed by atoms with E-state index in [1.54, 1.807) is 33.8 Å². The summed E-state index contributed by atoms with van der Waals surface area (Å²) >= 11 is 3.14. The van der Waals surface area contributed by atoms with Gasteiger partial charge in [-0.05, 0) is 44.9 Å². The van der Waals surface area contributed by atoms with Gasteiger partial charge in [0.1, 0.15) is 24.0 Å². The number of hydrogen-bond acceptors (Lipinski definition) is 4. The SMILES string of the molecule is CC[C@H](C)C(NC(=O)Nc1ccc(Br)cc1F)C(=O)NCC(=O)OC(C)(C)C. The molecule has 3 N–H and O–H groups in total. The maximum absolute atomic E-state index is 13.9. The zero-order chi connectivity index (χ0) is 21.5. The van der Waals surface area contributed by atoms with E-state index in [9.17, 15) is 18.8 Å². The minimum atomic E-state index is -0.897. The molecule has 0 aliphatic rings. The third-order valence-electron chi connectivity index (χ3n) is 3.79. The molecular weight excluding hydrogens is 433 g/mol. The number of esters is 1. The number of ether oxygens (including phenoxy) is 1. The van der Waals surface area contributed by atoms with Gasteiger partial charge < -0.3 is 20.7 Å². The summed E-state index contributed by atoms with van der Waals surface area (Å²) in [6, 6.07) is 2.58. The molecule has 28 heavy (non-hydrogen) atoms. The lowest BCUT2D eigenvalue weighted by Crippen LogP contribution is -2.52. The Morgan fingerprint density at radius 1 is 1.25 bits per heavy atom. The van der Waals surface area contributed by atoms with Crippen LogP contribution in [0.15, 0.2) is 22.7 Å². The lowest BCUT2D eigenvalue weighted by Gasteiger charge is -2.24. The Kier molecular flexibility index (Phi) is 8.87. The summed E-state index contributed by atoms with van der Waals surface area (Å²) < 4.78 is 19.5. The van der Waals surface area contributed by atoms with Gasteiger partial charge in [-0.25, -0.2) is 9.18 Å². The lowest BCUT2D eigenvalue weighted by atomic mass is 9.98. The van der Waals surface area contributed by atoms with E-state index in [0.717, 1.165) is 0 Å². The zero-order valence-corrected chi connectivity index (χ0v) is 18.3. The van der Waals surface area contributed by atoms with Crippen LogP contribution in [0, 0.1) is 11.7 Å². The third kappa shape index (κ3) is 8.24. The summed E-state index contributed by atoms with van der Waals surface area (Å²) in [5.41, 5.74) is -0.678. The molecule has 0 saturated carbocycles. The predicted octanol–water partition coefficient (Wildman–Crippen LogP) is 3.58. The van der Waals surface area contributed by atoms with Gasteiger partial charge >= 0.3 is 12.0 Å². The van der Waals surface area contributed by atoms with Crippen molar-refractivity contribution < 1.29 is 23.5 Å². The number of anilines is 1. The highest BCUT2D eigenvalue weighted by Crippen LogP contribution is 2.19. The van der Waals surface area contributed by atoms with Crippen molar-refractivity contribution in [3.63, 3.8) is 0 Å². The van der Waals surface area contributed by atoms with E-state index in [0.29, 0.717) is 10.9 Å². The van der Waals surface area contributed by atoms with Crippen LogP contribution in [-0.2, 0) is 14.3 Å². The smallest absolute Gasteiger partial charge is 0.325 e. The van der Waals surface area contributed by atoms with Gasteiger partial charge in [-0.15, -0.1) is 0 Å². The molecule has 1 aromatic carbocycles. The Morgan fingerprint density at radius 3 is 2.43 bits per heavy atom. The molecule has 0 aliphatic heterocycles. The van der Waals surface area contributed by atoms with Crippen LogP contribution in [0.5, 0.6) is 0 Å². The van der Waals surface area contributed by atoms with Crippen LogP contribution in [0.25, 0.3) is 0 Å². The van der Waals surface area contributed by atoms with Crippen LogP contribution < -0.4 is 16.0 Å². The number of urea groups is 1. The van der Waals surface area contributed by atoms with Crippen LogP contribution in [0.2, 0.25) is 0 Å². The molecule has 0 fully saturated rings. The van der Waals surface area contributed by atoms with E-state index in [1.165, 1.54) is 12.1 Å². The molecule has 1 unspecified atom stereocenters. The molecule has 7 nitrogen and oxygen atoms in total. The normalized spacial score (nSPS) is 13.2. The van der Waals surface area contributed by atoms with Gasteiger partial charge in [-0.1, -0.05) is 36.2 Å². The van der Waals surface area contributed by atoms with Crippen LogP contribution in [0.3, 0.4) is 0 Å². The third-order valence-corrected chi connectivity index (χ3v) is 4.28. The Bertz CT molecular complexity index is 722. The monoisotopic (exact) mass is 459 g/mol.